The highest BCUT2D eigenvalue weighted by Gasteiger charge is 2.53. The average Bonchev–Trinajstić information content (AvgIpc) is 3.25. The van der Waals surface area contributed by atoms with Gasteiger partial charge >= 0.3 is 0 Å². The van der Waals surface area contributed by atoms with Gasteiger partial charge in [-0.1, -0.05) is 0 Å². The molecule has 3 atom stereocenters. The van der Waals surface area contributed by atoms with E-state index in [9.17, 15) is 4.79 Å². The molecule has 0 spiro atoms. The monoisotopic (exact) mass is 281 g/mol. The van der Waals surface area contributed by atoms with Gasteiger partial charge in [-0.3, -0.25) is 15.0 Å². The molecule has 1 amide bonds. The summed E-state index contributed by atoms with van der Waals surface area (Å²) in [5.74, 6) is 0.254. The number of hydrogen-bond acceptors (Lipinski definition) is 4. The molecule has 5 nitrogen and oxygen atoms in total. The lowest BCUT2D eigenvalue weighted by atomic mass is 9.90. The van der Waals surface area contributed by atoms with Gasteiger partial charge in [0.15, 0.2) is 0 Å². The minimum atomic E-state index is -0.521. The van der Waals surface area contributed by atoms with Gasteiger partial charge in [-0.15, -0.1) is 0 Å². The molecule has 0 aromatic heterocycles. The summed E-state index contributed by atoms with van der Waals surface area (Å²) in [6, 6.07) is 0.849. The number of amides is 1. The van der Waals surface area contributed by atoms with Crippen molar-refractivity contribution in [2.24, 2.45) is 11.7 Å². The second kappa shape index (κ2) is 5.28. The molecular weight excluding hydrogens is 254 g/mol. The van der Waals surface area contributed by atoms with Crippen LogP contribution < -0.4 is 11.1 Å². The third-order valence-corrected chi connectivity index (χ3v) is 4.94. The first kappa shape index (κ1) is 14.3. The summed E-state index contributed by atoms with van der Waals surface area (Å²) in [5, 5.41) is 3.59. The summed E-state index contributed by atoms with van der Waals surface area (Å²) in [6.45, 7) is 6.62. The number of nitrogens with one attached hydrogen (secondary N) is 1. The second-order valence-corrected chi connectivity index (χ2v) is 6.95. The van der Waals surface area contributed by atoms with E-state index in [4.69, 9.17) is 10.5 Å². The summed E-state index contributed by atoms with van der Waals surface area (Å²) in [5.41, 5.74) is 5.31. The summed E-state index contributed by atoms with van der Waals surface area (Å²) in [4.78, 5) is 14.6. The summed E-state index contributed by atoms with van der Waals surface area (Å²) in [7, 11) is 0. The number of primary amides is 1. The average molecular weight is 281 g/mol. The lowest BCUT2D eigenvalue weighted by Gasteiger charge is -2.43. The third-order valence-electron chi connectivity index (χ3n) is 4.94. The van der Waals surface area contributed by atoms with Gasteiger partial charge in [0, 0.05) is 25.2 Å². The number of hydrogen-bond donors (Lipinski definition) is 2. The molecule has 0 bridgehead atoms. The maximum atomic E-state index is 12.2. The van der Waals surface area contributed by atoms with Crippen molar-refractivity contribution in [3.8, 4) is 0 Å². The zero-order valence-electron chi connectivity index (χ0n) is 12.6. The molecular formula is C15H27N3O2. The maximum Gasteiger partial charge on any atom is 0.239 e. The first-order valence-electron chi connectivity index (χ1n) is 7.94. The molecule has 3 aliphatic rings. The number of carbonyl (C=O) groups excluding carboxylic acids is 1. The Morgan fingerprint density at radius 2 is 2.05 bits per heavy atom. The molecule has 20 heavy (non-hydrogen) atoms. The van der Waals surface area contributed by atoms with Gasteiger partial charge in [0.1, 0.15) is 5.54 Å². The molecule has 1 aliphatic heterocycles. The normalized spacial score (nSPS) is 34.7. The molecule has 114 valence electrons. The predicted octanol–water partition coefficient (Wildman–Crippen LogP) is 0.482. The van der Waals surface area contributed by atoms with Crippen LogP contribution in [0.4, 0.5) is 0 Å². The van der Waals surface area contributed by atoms with E-state index in [0.29, 0.717) is 18.0 Å². The molecule has 3 fully saturated rings. The number of nitrogens with two attached hydrogens (primary N) is 1. The van der Waals surface area contributed by atoms with Crippen LogP contribution in [0.5, 0.6) is 0 Å². The van der Waals surface area contributed by atoms with Gasteiger partial charge in [0.2, 0.25) is 5.91 Å². The lowest BCUT2D eigenvalue weighted by molar-refractivity contribution is -0.128. The lowest BCUT2D eigenvalue weighted by Crippen LogP contribution is -2.66. The van der Waals surface area contributed by atoms with Crippen LogP contribution in [-0.2, 0) is 9.53 Å². The predicted molar refractivity (Wildman–Crippen MR) is 77.3 cm³/mol. The van der Waals surface area contributed by atoms with Crippen LogP contribution in [0, 0.1) is 5.92 Å². The van der Waals surface area contributed by atoms with Crippen molar-refractivity contribution in [1.29, 1.82) is 0 Å². The van der Waals surface area contributed by atoms with Crippen LogP contribution in [0.3, 0.4) is 0 Å². The van der Waals surface area contributed by atoms with E-state index >= 15 is 0 Å². The summed E-state index contributed by atoms with van der Waals surface area (Å²) in [6.07, 6.45) is 4.83. The Morgan fingerprint density at radius 1 is 1.35 bits per heavy atom. The zero-order chi connectivity index (χ0) is 14.3. The maximum absolute atomic E-state index is 12.2. The van der Waals surface area contributed by atoms with E-state index in [-0.39, 0.29) is 12.0 Å². The first-order valence-corrected chi connectivity index (χ1v) is 7.94. The van der Waals surface area contributed by atoms with Crippen molar-refractivity contribution in [1.82, 2.24) is 10.2 Å². The Kier molecular flexibility index (Phi) is 3.77. The summed E-state index contributed by atoms with van der Waals surface area (Å²) >= 11 is 0. The van der Waals surface area contributed by atoms with Crippen molar-refractivity contribution in [3.63, 3.8) is 0 Å². The second-order valence-electron chi connectivity index (χ2n) is 6.95. The van der Waals surface area contributed by atoms with E-state index in [1.54, 1.807) is 0 Å². The molecule has 2 aliphatic carbocycles. The standard InChI is InChI=1S/C15H27N3O2/c1-10-8-20-11(2)7-18(10)9-15(14(16)19,12-3-4-12)17-13-5-6-13/h10-13,17H,3-9H2,1-2H3,(H2,16,19). The van der Waals surface area contributed by atoms with Crippen molar-refractivity contribution < 1.29 is 9.53 Å². The number of rotatable bonds is 6. The van der Waals surface area contributed by atoms with Crippen LogP contribution in [0.15, 0.2) is 0 Å². The van der Waals surface area contributed by atoms with E-state index in [1.807, 2.05) is 0 Å². The van der Waals surface area contributed by atoms with Gasteiger partial charge < -0.3 is 10.5 Å². The number of morpholine rings is 1. The zero-order valence-corrected chi connectivity index (χ0v) is 12.6. The highest BCUT2D eigenvalue weighted by Crippen LogP contribution is 2.42. The third kappa shape index (κ3) is 2.85. The minimum Gasteiger partial charge on any atom is -0.376 e. The van der Waals surface area contributed by atoms with Crippen LogP contribution >= 0.6 is 0 Å². The molecule has 0 aromatic carbocycles. The smallest absolute Gasteiger partial charge is 0.239 e. The van der Waals surface area contributed by atoms with Crippen LogP contribution in [-0.4, -0.2) is 54.2 Å². The molecule has 1 heterocycles. The quantitative estimate of drug-likeness (QED) is 0.743. The van der Waals surface area contributed by atoms with Crippen LogP contribution in [0.1, 0.15) is 39.5 Å². The van der Waals surface area contributed by atoms with Gasteiger partial charge in [0.05, 0.1) is 12.7 Å². The highest BCUT2D eigenvalue weighted by molar-refractivity contribution is 5.86. The molecule has 1 saturated heterocycles. The first-order chi connectivity index (χ1) is 9.51. The van der Waals surface area contributed by atoms with Gasteiger partial charge in [-0.25, -0.2) is 0 Å². The van der Waals surface area contributed by atoms with Gasteiger partial charge in [-0.2, -0.15) is 0 Å². The van der Waals surface area contributed by atoms with Crippen molar-refractivity contribution in [3.05, 3.63) is 0 Å². The number of carbonyl (C=O) groups is 1. The minimum absolute atomic E-state index is 0.168. The Morgan fingerprint density at radius 3 is 2.60 bits per heavy atom. The molecule has 2 saturated carbocycles. The van der Waals surface area contributed by atoms with Crippen molar-refractivity contribution >= 4 is 5.91 Å². The fraction of sp³-hybridized carbons (Fsp3) is 0.933. The number of ether oxygens (including phenoxy) is 1. The van der Waals surface area contributed by atoms with E-state index < -0.39 is 5.54 Å². The van der Waals surface area contributed by atoms with Crippen LogP contribution in [0.25, 0.3) is 0 Å². The molecule has 3 rings (SSSR count). The molecule has 3 unspecified atom stereocenters. The van der Waals surface area contributed by atoms with E-state index in [0.717, 1.165) is 32.5 Å². The fourth-order valence-corrected chi connectivity index (χ4v) is 3.32. The highest BCUT2D eigenvalue weighted by atomic mass is 16.5. The fourth-order valence-electron chi connectivity index (χ4n) is 3.32. The molecule has 0 aromatic rings. The Bertz CT molecular complexity index is 381. The Labute approximate surface area is 121 Å². The van der Waals surface area contributed by atoms with E-state index in [1.165, 1.54) is 12.8 Å². The number of nitrogens with zero attached hydrogens (tertiary/aromatic N) is 1. The van der Waals surface area contributed by atoms with Crippen molar-refractivity contribution in [2.75, 3.05) is 19.7 Å². The van der Waals surface area contributed by atoms with E-state index in [2.05, 4.69) is 24.1 Å². The Hall–Kier alpha value is -0.650. The molecule has 3 N–H and O–H groups in total. The molecule has 0 radical (unpaired) electrons. The SMILES string of the molecule is CC1CN(CC(NC2CC2)(C(N)=O)C2CC2)C(C)CO1. The topological polar surface area (TPSA) is 67.6 Å². The molecule has 5 heteroatoms. The largest absolute Gasteiger partial charge is 0.376 e. The summed E-state index contributed by atoms with van der Waals surface area (Å²) < 4.78 is 5.69. The van der Waals surface area contributed by atoms with Crippen molar-refractivity contribution in [2.45, 2.75) is 63.3 Å². The van der Waals surface area contributed by atoms with Gasteiger partial charge in [0.25, 0.3) is 0 Å². The Balaban J connectivity index is 1.75. The van der Waals surface area contributed by atoms with Gasteiger partial charge in [-0.05, 0) is 45.4 Å². The van der Waals surface area contributed by atoms with Crippen LogP contribution in [0.2, 0.25) is 0 Å².